The fourth-order valence-corrected chi connectivity index (χ4v) is 3.92. The van der Waals surface area contributed by atoms with Crippen LogP contribution in [0.15, 0.2) is 45.7 Å². The summed E-state index contributed by atoms with van der Waals surface area (Å²) in [5.41, 5.74) is 3.26. The lowest BCUT2D eigenvalue weighted by Gasteiger charge is -2.16. The molecule has 4 aromatic rings. The predicted molar refractivity (Wildman–Crippen MR) is 125 cm³/mol. The molecule has 0 saturated heterocycles. The molecule has 0 bridgehead atoms. The zero-order chi connectivity index (χ0) is 24.6. The minimum absolute atomic E-state index is 0.0172. The summed E-state index contributed by atoms with van der Waals surface area (Å²) in [6.45, 7) is 4.84. The molecule has 2 heterocycles. The number of carbonyl (C=O) groups is 2. The molecule has 1 amide bonds. The molecule has 2 aromatic carbocycles. The van der Waals surface area contributed by atoms with Crippen LogP contribution in [-0.2, 0) is 16.0 Å². The number of fused-ring (bicyclic) bond motifs is 2. The Kier molecular flexibility index (Phi) is 6.02. The molecule has 0 fully saturated rings. The Morgan fingerprint density at radius 1 is 1.09 bits per heavy atom. The Morgan fingerprint density at radius 2 is 1.85 bits per heavy atom. The van der Waals surface area contributed by atoms with Crippen LogP contribution >= 0.6 is 0 Å². The number of aryl methyl sites for hydroxylation is 2. The molecule has 0 radical (unpaired) electrons. The van der Waals surface area contributed by atoms with Crippen LogP contribution in [0.3, 0.4) is 0 Å². The van der Waals surface area contributed by atoms with Crippen molar-refractivity contribution in [3.8, 4) is 11.5 Å². The van der Waals surface area contributed by atoms with E-state index in [2.05, 4.69) is 10.3 Å². The number of benzene rings is 2. The minimum Gasteiger partial charge on any atom is -0.508 e. The topological polar surface area (TPSA) is 142 Å². The van der Waals surface area contributed by atoms with E-state index in [9.17, 15) is 24.6 Å². The normalized spacial score (nSPS) is 12.1. The number of carboxylic acids is 1. The summed E-state index contributed by atoms with van der Waals surface area (Å²) in [7, 11) is 0. The van der Waals surface area contributed by atoms with E-state index in [4.69, 9.17) is 9.15 Å². The number of carboxylic acid groups (broad SMARTS) is 1. The van der Waals surface area contributed by atoms with Crippen LogP contribution in [0.1, 0.15) is 22.3 Å². The number of aliphatic carboxylic acids is 1. The monoisotopic (exact) mass is 464 g/mol. The van der Waals surface area contributed by atoms with Gasteiger partial charge < -0.3 is 29.7 Å². The molecule has 0 unspecified atom stereocenters. The van der Waals surface area contributed by atoms with E-state index < -0.39 is 30.2 Å². The molecule has 4 N–H and O–H groups in total. The van der Waals surface area contributed by atoms with Crippen LogP contribution in [0, 0.1) is 20.8 Å². The van der Waals surface area contributed by atoms with Gasteiger partial charge in [0.05, 0.1) is 0 Å². The second kappa shape index (κ2) is 8.93. The average Bonchev–Trinajstić information content (AvgIpc) is 3.18. The summed E-state index contributed by atoms with van der Waals surface area (Å²) in [5, 5.41) is 23.3. The van der Waals surface area contributed by atoms with Crippen molar-refractivity contribution < 1.29 is 29.0 Å². The Bertz CT molecular complexity index is 1480. The molecule has 176 valence electrons. The van der Waals surface area contributed by atoms with Crippen molar-refractivity contribution in [2.45, 2.75) is 33.2 Å². The molecule has 2 aromatic heterocycles. The number of carbonyl (C=O) groups excluding carboxylic acids is 1. The highest BCUT2D eigenvalue weighted by Crippen LogP contribution is 2.29. The quantitative estimate of drug-likeness (QED) is 0.308. The number of phenolic OH excluding ortho intramolecular Hbond substituents is 1. The van der Waals surface area contributed by atoms with E-state index in [1.807, 2.05) is 6.92 Å². The van der Waals surface area contributed by atoms with E-state index in [1.165, 1.54) is 12.1 Å². The van der Waals surface area contributed by atoms with Crippen LogP contribution in [-0.4, -0.2) is 39.7 Å². The smallest absolute Gasteiger partial charge is 0.339 e. The van der Waals surface area contributed by atoms with Gasteiger partial charge in [-0.05, 0) is 62.2 Å². The highest BCUT2D eigenvalue weighted by atomic mass is 16.5. The number of ether oxygens (including phenoxy) is 1. The second-order valence-corrected chi connectivity index (χ2v) is 8.20. The predicted octanol–water partition coefficient (Wildman–Crippen LogP) is 3.10. The van der Waals surface area contributed by atoms with Crippen LogP contribution in [0.25, 0.3) is 21.9 Å². The molecular formula is C25H24N2O7. The number of amides is 1. The molecule has 1 atom stereocenters. The van der Waals surface area contributed by atoms with Gasteiger partial charge in [-0.1, -0.05) is 0 Å². The highest BCUT2D eigenvalue weighted by Gasteiger charge is 2.23. The van der Waals surface area contributed by atoms with E-state index in [0.29, 0.717) is 33.4 Å². The summed E-state index contributed by atoms with van der Waals surface area (Å²) in [4.78, 5) is 39.3. The zero-order valence-electron chi connectivity index (χ0n) is 18.9. The lowest BCUT2D eigenvalue weighted by Crippen LogP contribution is -2.44. The van der Waals surface area contributed by atoms with Gasteiger partial charge in [0.2, 0.25) is 0 Å². The van der Waals surface area contributed by atoms with Crippen LogP contribution in [0.2, 0.25) is 0 Å². The first-order valence-corrected chi connectivity index (χ1v) is 10.6. The molecule has 4 rings (SSSR count). The van der Waals surface area contributed by atoms with Crippen molar-refractivity contribution in [2.75, 3.05) is 6.61 Å². The van der Waals surface area contributed by atoms with Crippen molar-refractivity contribution in [1.82, 2.24) is 10.3 Å². The Morgan fingerprint density at radius 3 is 2.59 bits per heavy atom. The lowest BCUT2D eigenvalue weighted by molar-refractivity contribution is -0.142. The van der Waals surface area contributed by atoms with Crippen LogP contribution in [0.4, 0.5) is 0 Å². The number of hydrogen-bond acceptors (Lipinski definition) is 6. The molecular weight excluding hydrogens is 440 g/mol. The minimum atomic E-state index is -1.20. The Hall–Kier alpha value is -4.27. The van der Waals surface area contributed by atoms with Crippen LogP contribution < -0.4 is 15.7 Å². The summed E-state index contributed by atoms with van der Waals surface area (Å²) >= 11 is 0. The fraction of sp³-hybridized carbons (Fsp3) is 0.240. The van der Waals surface area contributed by atoms with Crippen molar-refractivity contribution in [3.05, 3.63) is 69.2 Å². The summed E-state index contributed by atoms with van der Waals surface area (Å²) in [5.74, 6) is -1.40. The summed E-state index contributed by atoms with van der Waals surface area (Å²) in [6.07, 6.45) is 1.67. The molecule has 9 heteroatoms. The first-order chi connectivity index (χ1) is 16.2. The van der Waals surface area contributed by atoms with E-state index in [0.717, 1.165) is 16.5 Å². The first kappa shape index (κ1) is 22.9. The largest absolute Gasteiger partial charge is 0.508 e. The number of hydrogen-bond donors (Lipinski definition) is 4. The van der Waals surface area contributed by atoms with Gasteiger partial charge >= 0.3 is 11.6 Å². The molecule has 34 heavy (non-hydrogen) atoms. The van der Waals surface area contributed by atoms with Gasteiger partial charge in [0.1, 0.15) is 23.1 Å². The summed E-state index contributed by atoms with van der Waals surface area (Å²) in [6, 6.07) is 7.00. The Balaban J connectivity index is 1.47. The van der Waals surface area contributed by atoms with Gasteiger partial charge in [-0.2, -0.15) is 0 Å². The van der Waals surface area contributed by atoms with Gasteiger partial charge in [0.15, 0.2) is 6.61 Å². The van der Waals surface area contributed by atoms with Crippen molar-refractivity contribution in [3.63, 3.8) is 0 Å². The van der Waals surface area contributed by atoms with Crippen molar-refractivity contribution >= 4 is 33.7 Å². The maximum Gasteiger partial charge on any atom is 0.339 e. The van der Waals surface area contributed by atoms with Gasteiger partial charge in [0, 0.05) is 40.0 Å². The van der Waals surface area contributed by atoms with Crippen molar-refractivity contribution in [2.24, 2.45) is 0 Å². The number of aromatic amines is 1. The number of aromatic nitrogens is 1. The molecule has 9 nitrogen and oxygen atoms in total. The first-order valence-electron chi connectivity index (χ1n) is 10.6. The number of aromatic hydroxyl groups is 1. The van der Waals surface area contributed by atoms with Crippen molar-refractivity contribution in [1.29, 1.82) is 0 Å². The molecule has 0 spiro atoms. The standard InChI is InChI=1S/C25H24N2O7/c1-12-13(2)25(32)34-23-14(3)21(7-5-17(12)23)33-11-22(29)27-20(24(30)31)8-15-10-26-19-6-4-16(28)9-18(15)19/h4-7,9-10,20,26,28H,8,11H2,1-3H3,(H,27,29)(H,30,31)/t20-/m0/s1. The van der Waals surface area contributed by atoms with Gasteiger partial charge in [-0.3, -0.25) is 4.79 Å². The maximum absolute atomic E-state index is 12.5. The number of rotatable bonds is 7. The highest BCUT2D eigenvalue weighted by molar-refractivity contribution is 5.88. The summed E-state index contributed by atoms with van der Waals surface area (Å²) < 4.78 is 11.0. The van der Waals surface area contributed by atoms with Gasteiger partial charge in [-0.25, -0.2) is 9.59 Å². The van der Waals surface area contributed by atoms with E-state index in [-0.39, 0.29) is 12.2 Å². The average molecular weight is 464 g/mol. The van der Waals surface area contributed by atoms with Gasteiger partial charge in [-0.15, -0.1) is 0 Å². The SMILES string of the molecule is Cc1c(C)c2ccc(OCC(=O)N[C@@H](Cc3c[nH]c4ccc(O)cc34)C(=O)O)c(C)c2oc1=O. The third-order valence-corrected chi connectivity index (χ3v) is 5.99. The number of H-pyrrole nitrogens is 1. The Labute approximate surface area is 194 Å². The zero-order valence-corrected chi connectivity index (χ0v) is 18.9. The fourth-order valence-electron chi connectivity index (χ4n) is 3.92. The molecule has 0 aliphatic heterocycles. The third kappa shape index (κ3) is 4.32. The number of nitrogens with one attached hydrogen (secondary N) is 2. The second-order valence-electron chi connectivity index (χ2n) is 8.20. The maximum atomic E-state index is 12.5. The molecule has 0 saturated carbocycles. The molecule has 0 aliphatic carbocycles. The lowest BCUT2D eigenvalue weighted by atomic mass is 10.0. The van der Waals surface area contributed by atoms with Gasteiger partial charge in [0.25, 0.3) is 5.91 Å². The third-order valence-electron chi connectivity index (χ3n) is 5.99. The van der Waals surface area contributed by atoms with E-state index in [1.54, 1.807) is 38.2 Å². The number of phenols is 1. The molecule has 0 aliphatic rings. The van der Waals surface area contributed by atoms with E-state index >= 15 is 0 Å². The van der Waals surface area contributed by atoms with Crippen LogP contribution in [0.5, 0.6) is 11.5 Å².